The van der Waals surface area contributed by atoms with Crippen molar-refractivity contribution in [2.24, 2.45) is 0 Å². The maximum absolute atomic E-state index is 12.1. The van der Waals surface area contributed by atoms with E-state index in [1.807, 2.05) is 45.9 Å². The van der Waals surface area contributed by atoms with Crippen LogP contribution in [0.5, 0.6) is 0 Å². The summed E-state index contributed by atoms with van der Waals surface area (Å²) in [5.41, 5.74) is 2.13. The van der Waals surface area contributed by atoms with Gasteiger partial charge in [-0.2, -0.15) is 0 Å². The average molecular weight is 286 g/mol. The Morgan fingerprint density at radius 1 is 1.33 bits per heavy atom. The zero-order chi connectivity index (χ0) is 15.6. The van der Waals surface area contributed by atoms with Crippen molar-refractivity contribution in [2.45, 2.75) is 33.3 Å². The summed E-state index contributed by atoms with van der Waals surface area (Å²) < 4.78 is 5.36. The Kier molecular flexibility index (Phi) is 4.19. The first kappa shape index (κ1) is 15.3. The number of rotatable bonds is 2. The molecule has 0 bridgehead atoms. The number of hydrogen-bond acceptors (Lipinski definition) is 4. The predicted molar refractivity (Wildman–Crippen MR) is 83.4 cm³/mol. The lowest BCUT2D eigenvalue weighted by Crippen LogP contribution is -2.24. The van der Waals surface area contributed by atoms with Gasteiger partial charge in [-0.25, -0.2) is 4.79 Å². The van der Waals surface area contributed by atoms with Gasteiger partial charge in [0.05, 0.1) is 5.56 Å². The molecule has 0 unspecified atom stereocenters. The first-order valence-electron chi connectivity index (χ1n) is 6.94. The van der Waals surface area contributed by atoms with Crippen molar-refractivity contribution in [3.8, 4) is 0 Å². The van der Waals surface area contributed by atoms with Gasteiger partial charge in [-0.15, -0.1) is 0 Å². The largest absolute Gasteiger partial charge is 0.758 e. The van der Waals surface area contributed by atoms with E-state index in [0.29, 0.717) is 17.8 Å². The van der Waals surface area contributed by atoms with E-state index in [1.165, 1.54) is 0 Å². The van der Waals surface area contributed by atoms with Crippen LogP contribution < -0.4 is 0 Å². The highest BCUT2D eigenvalue weighted by Crippen LogP contribution is 2.27. The van der Waals surface area contributed by atoms with Gasteiger partial charge in [0, 0.05) is 12.2 Å². The van der Waals surface area contributed by atoms with Crippen molar-refractivity contribution >= 4 is 11.7 Å². The van der Waals surface area contributed by atoms with Gasteiger partial charge in [-0.05, 0) is 51.0 Å². The van der Waals surface area contributed by atoms with Crippen LogP contribution in [0, 0.1) is 5.21 Å². The van der Waals surface area contributed by atoms with Gasteiger partial charge < -0.3 is 15.0 Å². The molecule has 0 aliphatic carbocycles. The normalized spacial score (nSPS) is 15.4. The van der Waals surface area contributed by atoms with Gasteiger partial charge in [0.1, 0.15) is 5.60 Å². The second kappa shape index (κ2) is 5.74. The van der Waals surface area contributed by atoms with Crippen molar-refractivity contribution < 1.29 is 9.53 Å². The monoisotopic (exact) mass is 286 g/mol. The van der Waals surface area contributed by atoms with Crippen LogP contribution in [0.4, 0.5) is 0 Å². The Morgan fingerprint density at radius 2 is 2.05 bits per heavy atom. The first-order valence-corrected chi connectivity index (χ1v) is 6.94. The van der Waals surface area contributed by atoms with Crippen LogP contribution in [-0.4, -0.2) is 23.2 Å². The maximum Gasteiger partial charge on any atom is 0.338 e. The summed E-state index contributed by atoms with van der Waals surface area (Å²) >= 11 is 0. The average Bonchev–Trinajstić information content (AvgIpc) is 2.37. The van der Waals surface area contributed by atoms with Crippen LogP contribution in [0.3, 0.4) is 0 Å². The molecule has 1 aliphatic rings. The molecule has 4 heteroatoms. The van der Waals surface area contributed by atoms with Crippen molar-refractivity contribution in [2.75, 3.05) is 6.54 Å². The van der Waals surface area contributed by atoms with Crippen LogP contribution in [0.25, 0.3) is 5.70 Å². The Labute approximate surface area is 125 Å². The van der Waals surface area contributed by atoms with Gasteiger partial charge in [-0.3, -0.25) is 0 Å². The van der Waals surface area contributed by atoms with Crippen molar-refractivity contribution in [1.82, 2.24) is 5.06 Å². The fourth-order valence-electron chi connectivity index (χ4n) is 2.19. The lowest BCUT2D eigenvalue weighted by Gasteiger charge is -2.36. The minimum Gasteiger partial charge on any atom is -0.758 e. The molecular weight excluding hydrogens is 266 g/mol. The quantitative estimate of drug-likeness (QED) is 0.777. The molecule has 0 amide bonds. The third-order valence-corrected chi connectivity index (χ3v) is 3.03. The molecule has 0 fully saturated rings. The van der Waals surface area contributed by atoms with Gasteiger partial charge in [0.2, 0.25) is 0 Å². The van der Waals surface area contributed by atoms with E-state index in [4.69, 9.17) is 4.74 Å². The van der Waals surface area contributed by atoms with Crippen LogP contribution in [0.15, 0.2) is 42.0 Å². The molecule has 1 aromatic carbocycles. The van der Waals surface area contributed by atoms with Crippen LogP contribution in [-0.2, 0) is 4.74 Å². The number of carbonyl (C=O) groups is 1. The Morgan fingerprint density at radius 3 is 2.67 bits per heavy atom. The zero-order valence-corrected chi connectivity index (χ0v) is 12.8. The van der Waals surface area contributed by atoms with Crippen molar-refractivity contribution in [3.63, 3.8) is 0 Å². The summed E-state index contributed by atoms with van der Waals surface area (Å²) in [5, 5.41) is 12.9. The van der Waals surface area contributed by atoms with Crippen LogP contribution >= 0.6 is 0 Å². The first-order chi connectivity index (χ1) is 9.78. The van der Waals surface area contributed by atoms with E-state index < -0.39 is 5.60 Å². The van der Waals surface area contributed by atoms with Crippen molar-refractivity contribution in [1.29, 1.82) is 0 Å². The molecule has 0 atom stereocenters. The summed E-state index contributed by atoms with van der Waals surface area (Å²) in [6.07, 6.45) is 3.74. The molecule has 0 aromatic heterocycles. The van der Waals surface area contributed by atoms with Gasteiger partial charge in [-0.1, -0.05) is 24.3 Å². The summed E-state index contributed by atoms with van der Waals surface area (Å²) in [6.45, 7) is 7.69. The third kappa shape index (κ3) is 3.73. The van der Waals surface area contributed by atoms with Gasteiger partial charge in [0.25, 0.3) is 0 Å². The lowest BCUT2D eigenvalue weighted by molar-refractivity contribution is 0.00695. The summed E-state index contributed by atoms with van der Waals surface area (Å²) in [5.74, 6) is -0.383. The fraction of sp³-hybridized carbons (Fsp3) is 0.353. The van der Waals surface area contributed by atoms with E-state index in [0.717, 1.165) is 16.2 Å². The zero-order valence-electron chi connectivity index (χ0n) is 12.8. The van der Waals surface area contributed by atoms with E-state index >= 15 is 0 Å². The van der Waals surface area contributed by atoms with Gasteiger partial charge in [0.15, 0.2) is 0 Å². The number of hydroxylamine groups is 2. The maximum atomic E-state index is 12.1. The molecule has 0 saturated carbocycles. The van der Waals surface area contributed by atoms with Crippen LogP contribution in [0.2, 0.25) is 0 Å². The number of esters is 1. The molecule has 0 saturated heterocycles. The molecule has 1 heterocycles. The number of benzene rings is 1. The van der Waals surface area contributed by atoms with Gasteiger partial charge >= 0.3 is 5.97 Å². The highest BCUT2D eigenvalue weighted by Gasteiger charge is 2.19. The summed E-state index contributed by atoms with van der Waals surface area (Å²) in [6, 6.07) is 7.00. The summed E-state index contributed by atoms with van der Waals surface area (Å²) in [7, 11) is 0. The third-order valence-electron chi connectivity index (χ3n) is 3.03. The second-order valence-electron chi connectivity index (χ2n) is 6.08. The summed E-state index contributed by atoms with van der Waals surface area (Å²) in [4.78, 5) is 12.1. The Bertz CT molecular complexity index is 609. The fourth-order valence-corrected chi connectivity index (χ4v) is 2.19. The smallest absolute Gasteiger partial charge is 0.338 e. The second-order valence-corrected chi connectivity index (χ2v) is 6.08. The number of ether oxygens (including phenoxy) is 1. The number of carbonyl (C=O) groups excluding carboxylic acids is 1. The number of nitrogens with zero attached hydrogens (tertiary/aromatic N) is 1. The SMILES string of the molecule is CC1=C(c2cccc(C(=O)OC(C)(C)C)c2)N([O-])CC=C1. The molecule has 112 valence electrons. The molecule has 0 spiro atoms. The molecule has 2 rings (SSSR count). The lowest BCUT2D eigenvalue weighted by atomic mass is 10.0. The van der Waals surface area contributed by atoms with Crippen LogP contribution in [0.1, 0.15) is 43.6 Å². The standard InChI is InChI=1S/C17H20NO3/c1-12-7-6-10-18(20)15(12)13-8-5-9-14(11-13)16(19)21-17(2,3)4/h5-9,11H,10H2,1-4H3/q-1. The molecular formula is C17H20NO3-. The van der Waals surface area contributed by atoms with E-state index in [-0.39, 0.29) is 5.97 Å². The minimum atomic E-state index is -0.541. The Balaban J connectivity index is 2.34. The van der Waals surface area contributed by atoms with E-state index in [2.05, 4.69) is 0 Å². The molecule has 21 heavy (non-hydrogen) atoms. The molecule has 1 aliphatic heterocycles. The predicted octanol–water partition coefficient (Wildman–Crippen LogP) is 3.74. The van der Waals surface area contributed by atoms with Crippen molar-refractivity contribution in [3.05, 3.63) is 58.3 Å². The minimum absolute atomic E-state index is 0.323. The number of hydrogen-bond donors (Lipinski definition) is 0. The number of allylic oxidation sites excluding steroid dienone is 2. The molecule has 0 radical (unpaired) electrons. The van der Waals surface area contributed by atoms with E-state index in [9.17, 15) is 10.0 Å². The molecule has 4 nitrogen and oxygen atoms in total. The molecule has 1 aromatic rings. The highest BCUT2D eigenvalue weighted by atomic mass is 16.6. The Hall–Kier alpha value is -2.07. The topological polar surface area (TPSA) is 52.6 Å². The molecule has 0 N–H and O–H groups in total. The highest BCUT2D eigenvalue weighted by molar-refractivity contribution is 5.91. The van der Waals surface area contributed by atoms with E-state index in [1.54, 1.807) is 18.2 Å².